The van der Waals surface area contributed by atoms with Crippen LogP contribution in [0.5, 0.6) is 0 Å². The highest BCUT2D eigenvalue weighted by Crippen LogP contribution is 2.54. The van der Waals surface area contributed by atoms with Gasteiger partial charge in [0.25, 0.3) is 0 Å². The molecule has 0 spiro atoms. The Balaban J connectivity index is 1.64. The first-order valence-corrected chi connectivity index (χ1v) is 15.0. The summed E-state index contributed by atoms with van der Waals surface area (Å²) in [6.07, 6.45) is 1.11. The molecule has 1 atom stereocenters. The van der Waals surface area contributed by atoms with E-state index < -0.39 is 5.41 Å². The van der Waals surface area contributed by atoms with Crippen molar-refractivity contribution in [3.63, 3.8) is 0 Å². The molecule has 5 aromatic carbocycles. The standard InChI is InChI=1S/C40H39N/c1-7-39(5,6)28-21-25-30(26-22-28)40(29-23-19-27(20-24-29)38(2,3)4)33-15-9-11-18-36(33)41-35-17-10-8-13-31(35)32-14-12-16-34(40)37(32)41/h8-26H,7H2,1-6H3. The minimum absolute atomic E-state index is 0.0932. The molecule has 1 aromatic heterocycles. The van der Waals surface area contributed by atoms with Gasteiger partial charge in [0, 0.05) is 10.8 Å². The molecule has 0 saturated carbocycles. The number of aromatic nitrogens is 1. The van der Waals surface area contributed by atoms with Crippen LogP contribution in [-0.4, -0.2) is 4.57 Å². The lowest BCUT2D eigenvalue weighted by atomic mass is 9.62. The maximum atomic E-state index is 2.51. The van der Waals surface area contributed by atoms with Gasteiger partial charge in [-0.15, -0.1) is 0 Å². The summed E-state index contributed by atoms with van der Waals surface area (Å²) in [6, 6.07) is 43.9. The van der Waals surface area contributed by atoms with Crippen molar-refractivity contribution in [2.45, 2.75) is 64.2 Å². The second-order valence-corrected chi connectivity index (χ2v) is 13.5. The molecule has 1 unspecified atom stereocenters. The van der Waals surface area contributed by atoms with E-state index in [0.29, 0.717) is 0 Å². The second-order valence-electron chi connectivity index (χ2n) is 13.5. The minimum atomic E-state index is -0.453. The molecule has 0 fully saturated rings. The molecule has 41 heavy (non-hydrogen) atoms. The van der Waals surface area contributed by atoms with Gasteiger partial charge in [0.15, 0.2) is 0 Å². The summed E-state index contributed by atoms with van der Waals surface area (Å²) in [5.74, 6) is 0. The monoisotopic (exact) mass is 533 g/mol. The van der Waals surface area contributed by atoms with Crippen molar-refractivity contribution in [2.24, 2.45) is 0 Å². The van der Waals surface area contributed by atoms with E-state index in [1.807, 2.05) is 0 Å². The van der Waals surface area contributed by atoms with Crippen molar-refractivity contribution in [2.75, 3.05) is 0 Å². The number of nitrogens with zero attached hydrogens (tertiary/aromatic N) is 1. The molecule has 0 radical (unpaired) electrons. The molecular weight excluding hydrogens is 494 g/mol. The zero-order chi connectivity index (χ0) is 28.6. The zero-order valence-electron chi connectivity index (χ0n) is 25.1. The summed E-state index contributed by atoms with van der Waals surface area (Å²) in [7, 11) is 0. The fraction of sp³-hybridized carbons (Fsp3) is 0.250. The lowest BCUT2D eigenvalue weighted by Gasteiger charge is -2.42. The zero-order valence-corrected chi connectivity index (χ0v) is 25.1. The molecule has 0 amide bonds. The summed E-state index contributed by atoms with van der Waals surface area (Å²) in [5.41, 5.74) is 11.6. The Labute approximate surface area is 244 Å². The van der Waals surface area contributed by atoms with Crippen molar-refractivity contribution in [3.8, 4) is 5.69 Å². The Bertz CT molecular complexity index is 1910. The van der Waals surface area contributed by atoms with Crippen LogP contribution in [0.4, 0.5) is 0 Å². The van der Waals surface area contributed by atoms with Gasteiger partial charge in [-0.25, -0.2) is 0 Å². The van der Waals surface area contributed by atoms with Crippen LogP contribution in [0.25, 0.3) is 27.5 Å². The number of fused-ring (bicyclic) bond motifs is 5. The van der Waals surface area contributed by atoms with Crippen LogP contribution >= 0.6 is 0 Å². The van der Waals surface area contributed by atoms with Crippen molar-refractivity contribution in [1.82, 2.24) is 4.57 Å². The molecule has 0 aliphatic carbocycles. The van der Waals surface area contributed by atoms with Crippen LogP contribution in [0.1, 0.15) is 81.3 Å². The first-order valence-electron chi connectivity index (χ1n) is 15.0. The highest BCUT2D eigenvalue weighted by molar-refractivity contribution is 6.12. The average molecular weight is 534 g/mol. The molecule has 204 valence electrons. The number of hydrogen-bond donors (Lipinski definition) is 0. The third kappa shape index (κ3) is 3.61. The second kappa shape index (κ2) is 8.95. The third-order valence-electron chi connectivity index (χ3n) is 9.81. The van der Waals surface area contributed by atoms with Crippen LogP contribution in [0.15, 0.2) is 115 Å². The van der Waals surface area contributed by atoms with Crippen LogP contribution in [-0.2, 0) is 16.2 Å². The molecule has 7 rings (SSSR count). The van der Waals surface area contributed by atoms with Crippen LogP contribution in [0.3, 0.4) is 0 Å². The number of rotatable bonds is 4. The van der Waals surface area contributed by atoms with Crippen LogP contribution in [0, 0.1) is 0 Å². The topological polar surface area (TPSA) is 4.93 Å². The third-order valence-corrected chi connectivity index (χ3v) is 9.81. The molecule has 1 aliphatic heterocycles. The smallest absolute Gasteiger partial charge is 0.0742 e. The lowest BCUT2D eigenvalue weighted by Crippen LogP contribution is -2.35. The van der Waals surface area contributed by atoms with Gasteiger partial charge in [0.2, 0.25) is 0 Å². The van der Waals surface area contributed by atoms with E-state index in [0.717, 1.165) is 6.42 Å². The molecular formula is C40H39N. The normalized spacial score (nSPS) is 16.7. The highest BCUT2D eigenvalue weighted by atomic mass is 15.0. The minimum Gasteiger partial charge on any atom is -0.309 e. The fourth-order valence-corrected chi connectivity index (χ4v) is 7.09. The summed E-state index contributed by atoms with van der Waals surface area (Å²) in [6.45, 7) is 13.8. The number of para-hydroxylation sites is 3. The van der Waals surface area contributed by atoms with E-state index in [-0.39, 0.29) is 10.8 Å². The Morgan fingerprint density at radius 3 is 1.78 bits per heavy atom. The van der Waals surface area contributed by atoms with Crippen LogP contribution < -0.4 is 0 Å². The van der Waals surface area contributed by atoms with Gasteiger partial charge in [-0.3, -0.25) is 0 Å². The van der Waals surface area contributed by atoms with Gasteiger partial charge in [-0.05, 0) is 62.8 Å². The van der Waals surface area contributed by atoms with Gasteiger partial charge >= 0.3 is 0 Å². The predicted octanol–water partition coefficient (Wildman–Crippen LogP) is 10.5. The van der Waals surface area contributed by atoms with E-state index in [2.05, 4.69) is 161 Å². The molecule has 2 heterocycles. The van der Waals surface area contributed by atoms with Gasteiger partial charge < -0.3 is 4.57 Å². The van der Waals surface area contributed by atoms with Crippen molar-refractivity contribution in [3.05, 3.63) is 149 Å². The quantitative estimate of drug-likeness (QED) is 0.212. The molecule has 0 bridgehead atoms. The molecule has 1 nitrogen and oxygen atoms in total. The Kier molecular flexibility index (Phi) is 5.64. The van der Waals surface area contributed by atoms with Gasteiger partial charge in [-0.1, -0.05) is 145 Å². The van der Waals surface area contributed by atoms with E-state index in [1.165, 1.54) is 60.9 Å². The van der Waals surface area contributed by atoms with E-state index in [9.17, 15) is 0 Å². The van der Waals surface area contributed by atoms with Crippen LogP contribution in [0.2, 0.25) is 0 Å². The first kappa shape index (κ1) is 25.8. The molecule has 6 aromatic rings. The van der Waals surface area contributed by atoms with Crippen molar-refractivity contribution < 1.29 is 0 Å². The van der Waals surface area contributed by atoms with Gasteiger partial charge in [0.1, 0.15) is 0 Å². The Hall–Kier alpha value is -4.10. The molecule has 0 N–H and O–H groups in total. The summed E-state index contributed by atoms with van der Waals surface area (Å²) >= 11 is 0. The average Bonchev–Trinajstić information content (AvgIpc) is 3.33. The molecule has 1 aliphatic rings. The summed E-state index contributed by atoms with van der Waals surface area (Å²) in [4.78, 5) is 0. The molecule has 1 heteroatoms. The largest absolute Gasteiger partial charge is 0.309 e. The Morgan fingerprint density at radius 2 is 1.12 bits per heavy atom. The van der Waals surface area contributed by atoms with E-state index >= 15 is 0 Å². The predicted molar refractivity (Wildman–Crippen MR) is 175 cm³/mol. The van der Waals surface area contributed by atoms with E-state index in [1.54, 1.807) is 0 Å². The molecule has 0 saturated heterocycles. The maximum Gasteiger partial charge on any atom is 0.0742 e. The SMILES string of the molecule is CCC(C)(C)c1ccc(C2(c3ccc(C(C)(C)C)cc3)c3ccccc3-n3c4ccccc4c4cccc2c43)cc1. The first-order chi connectivity index (χ1) is 19.7. The summed E-state index contributed by atoms with van der Waals surface area (Å²) < 4.78 is 2.51. The van der Waals surface area contributed by atoms with Crippen molar-refractivity contribution >= 4 is 21.8 Å². The Morgan fingerprint density at radius 1 is 0.561 bits per heavy atom. The highest BCUT2D eigenvalue weighted by Gasteiger charge is 2.45. The van der Waals surface area contributed by atoms with Gasteiger partial charge in [-0.2, -0.15) is 0 Å². The maximum absolute atomic E-state index is 2.51. The fourth-order valence-electron chi connectivity index (χ4n) is 7.09. The van der Waals surface area contributed by atoms with Gasteiger partial charge in [0.05, 0.1) is 22.1 Å². The van der Waals surface area contributed by atoms with Crippen molar-refractivity contribution in [1.29, 1.82) is 0 Å². The lowest BCUT2D eigenvalue weighted by molar-refractivity contribution is 0.506. The summed E-state index contributed by atoms with van der Waals surface area (Å²) in [5, 5.41) is 2.62. The van der Waals surface area contributed by atoms with E-state index in [4.69, 9.17) is 0 Å². The number of benzene rings is 5. The number of hydrogen-bond acceptors (Lipinski definition) is 0.